The Kier molecular flexibility index (Phi) is 2.93. The van der Waals surface area contributed by atoms with Gasteiger partial charge >= 0.3 is 0 Å². The van der Waals surface area contributed by atoms with Gasteiger partial charge in [0.05, 0.1) is 0 Å². The van der Waals surface area contributed by atoms with E-state index in [1.165, 1.54) is 17.0 Å². The minimum Gasteiger partial charge on any atom is -0.362 e. The van der Waals surface area contributed by atoms with Crippen molar-refractivity contribution in [3.8, 4) is 0 Å². The predicted octanol–water partition coefficient (Wildman–Crippen LogP) is 2.08. The zero-order valence-electron chi connectivity index (χ0n) is 8.15. The largest absolute Gasteiger partial charge is 0.362 e. The molecule has 3 N–H and O–H groups in total. The van der Waals surface area contributed by atoms with Crippen LogP contribution in [0.3, 0.4) is 0 Å². The summed E-state index contributed by atoms with van der Waals surface area (Å²) >= 11 is 0. The van der Waals surface area contributed by atoms with Crippen molar-refractivity contribution in [2.75, 3.05) is 6.54 Å². The van der Waals surface area contributed by atoms with Crippen molar-refractivity contribution in [1.82, 2.24) is 4.98 Å². The summed E-state index contributed by atoms with van der Waals surface area (Å²) in [5, 5.41) is 0. The van der Waals surface area contributed by atoms with Crippen LogP contribution in [0.1, 0.15) is 36.2 Å². The van der Waals surface area contributed by atoms with Crippen molar-refractivity contribution in [3.05, 3.63) is 23.0 Å². The van der Waals surface area contributed by atoms with E-state index < -0.39 is 0 Å². The maximum absolute atomic E-state index is 5.51. The number of H-pyrrole nitrogens is 1. The van der Waals surface area contributed by atoms with E-state index >= 15 is 0 Å². The average molecular weight is 166 g/mol. The van der Waals surface area contributed by atoms with E-state index in [-0.39, 0.29) is 0 Å². The third-order valence-corrected chi connectivity index (χ3v) is 2.32. The lowest BCUT2D eigenvalue weighted by Gasteiger charge is -2.08. The molecule has 0 saturated heterocycles. The maximum Gasteiger partial charge on any atom is 0.0152 e. The van der Waals surface area contributed by atoms with Crippen LogP contribution in [0.15, 0.2) is 6.07 Å². The average Bonchev–Trinajstić information content (AvgIpc) is 2.30. The second-order valence-corrected chi connectivity index (χ2v) is 3.51. The van der Waals surface area contributed by atoms with Gasteiger partial charge in [0.2, 0.25) is 0 Å². The first kappa shape index (κ1) is 9.33. The standard InChI is InChI=1S/C10H18N2/c1-7(4-5-11)10-6-8(2)12-9(10)3/h6-7,12H,4-5,11H2,1-3H3. The summed E-state index contributed by atoms with van der Waals surface area (Å²) in [6.45, 7) is 7.20. The number of aromatic amines is 1. The van der Waals surface area contributed by atoms with Crippen LogP contribution < -0.4 is 5.73 Å². The van der Waals surface area contributed by atoms with Gasteiger partial charge in [-0.2, -0.15) is 0 Å². The smallest absolute Gasteiger partial charge is 0.0152 e. The van der Waals surface area contributed by atoms with Crippen LogP contribution in [0.2, 0.25) is 0 Å². The lowest BCUT2D eigenvalue weighted by Crippen LogP contribution is -2.04. The Hall–Kier alpha value is -0.760. The topological polar surface area (TPSA) is 41.8 Å². The molecule has 0 aromatic carbocycles. The highest BCUT2D eigenvalue weighted by atomic mass is 14.7. The minimum absolute atomic E-state index is 0.583. The highest BCUT2D eigenvalue weighted by Crippen LogP contribution is 2.22. The third kappa shape index (κ3) is 1.89. The maximum atomic E-state index is 5.51. The van der Waals surface area contributed by atoms with Crippen molar-refractivity contribution in [2.45, 2.75) is 33.1 Å². The molecular weight excluding hydrogens is 148 g/mol. The molecule has 0 radical (unpaired) electrons. The van der Waals surface area contributed by atoms with Gasteiger partial charge in [-0.3, -0.25) is 0 Å². The number of aryl methyl sites for hydroxylation is 2. The first-order valence-electron chi connectivity index (χ1n) is 4.51. The van der Waals surface area contributed by atoms with E-state index in [9.17, 15) is 0 Å². The lowest BCUT2D eigenvalue weighted by molar-refractivity contribution is 0.687. The van der Waals surface area contributed by atoms with Crippen LogP contribution in [0.4, 0.5) is 0 Å². The number of hydrogen-bond acceptors (Lipinski definition) is 1. The SMILES string of the molecule is Cc1cc(C(C)CCN)c(C)[nH]1. The fourth-order valence-electron chi connectivity index (χ4n) is 1.66. The summed E-state index contributed by atoms with van der Waals surface area (Å²) in [7, 11) is 0. The number of aromatic nitrogens is 1. The van der Waals surface area contributed by atoms with Gasteiger partial charge in [0.25, 0.3) is 0 Å². The quantitative estimate of drug-likeness (QED) is 0.709. The molecule has 0 spiro atoms. The first-order valence-corrected chi connectivity index (χ1v) is 4.51. The molecule has 0 aliphatic carbocycles. The van der Waals surface area contributed by atoms with Gasteiger partial charge in [0, 0.05) is 11.4 Å². The van der Waals surface area contributed by atoms with Gasteiger partial charge in [-0.25, -0.2) is 0 Å². The molecular formula is C10H18N2. The van der Waals surface area contributed by atoms with Crippen molar-refractivity contribution < 1.29 is 0 Å². The van der Waals surface area contributed by atoms with Gasteiger partial charge in [-0.05, 0) is 44.4 Å². The second kappa shape index (κ2) is 3.76. The van der Waals surface area contributed by atoms with Crippen LogP contribution in [0.5, 0.6) is 0 Å². The molecule has 2 nitrogen and oxygen atoms in total. The molecule has 12 heavy (non-hydrogen) atoms. The molecule has 1 atom stereocenters. The first-order chi connectivity index (χ1) is 5.65. The molecule has 0 aliphatic rings. The van der Waals surface area contributed by atoms with Gasteiger partial charge in [-0.1, -0.05) is 6.92 Å². The molecule has 0 amide bonds. The van der Waals surface area contributed by atoms with Crippen LogP contribution in [-0.4, -0.2) is 11.5 Å². The number of hydrogen-bond donors (Lipinski definition) is 2. The third-order valence-electron chi connectivity index (χ3n) is 2.32. The summed E-state index contributed by atoms with van der Waals surface area (Å²) < 4.78 is 0. The Morgan fingerprint density at radius 2 is 2.17 bits per heavy atom. The Bertz CT molecular complexity index is 250. The zero-order chi connectivity index (χ0) is 9.14. The summed E-state index contributed by atoms with van der Waals surface area (Å²) in [6.07, 6.45) is 1.07. The van der Waals surface area contributed by atoms with Gasteiger partial charge in [0.1, 0.15) is 0 Å². The molecule has 1 aromatic heterocycles. The predicted molar refractivity (Wildman–Crippen MR) is 52.4 cm³/mol. The van der Waals surface area contributed by atoms with E-state index in [4.69, 9.17) is 5.73 Å². The lowest BCUT2D eigenvalue weighted by atomic mass is 9.98. The van der Waals surface area contributed by atoms with Gasteiger partial charge < -0.3 is 10.7 Å². The monoisotopic (exact) mass is 166 g/mol. The Morgan fingerprint density at radius 3 is 2.58 bits per heavy atom. The normalized spacial score (nSPS) is 13.3. The van der Waals surface area contributed by atoms with Gasteiger partial charge in [0.15, 0.2) is 0 Å². The summed E-state index contributed by atoms with van der Waals surface area (Å²) in [5.41, 5.74) is 9.46. The van der Waals surface area contributed by atoms with Gasteiger partial charge in [-0.15, -0.1) is 0 Å². The van der Waals surface area contributed by atoms with Crippen molar-refractivity contribution in [2.24, 2.45) is 5.73 Å². The number of nitrogens with two attached hydrogens (primary N) is 1. The summed E-state index contributed by atoms with van der Waals surface area (Å²) in [4.78, 5) is 3.31. The highest BCUT2D eigenvalue weighted by molar-refractivity contribution is 5.27. The Labute approximate surface area is 74.2 Å². The van der Waals surface area contributed by atoms with Crippen molar-refractivity contribution in [3.63, 3.8) is 0 Å². The summed E-state index contributed by atoms with van der Waals surface area (Å²) in [5.74, 6) is 0.583. The Morgan fingerprint density at radius 1 is 1.50 bits per heavy atom. The minimum atomic E-state index is 0.583. The molecule has 68 valence electrons. The molecule has 0 aliphatic heterocycles. The zero-order valence-corrected chi connectivity index (χ0v) is 8.15. The number of rotatable bonds is 3. The summed E-state index contributed by atoms with van der Waals surface area (Å²) in [6, 6.07) is 2.22. The highest BCUT2D eigenvalue weighted by Gasteiger charge is 2.09. The van der Waals surface area contributed by atoms with E-state index in [1.807, 2.05) is 0 Å². The molecule has 0 saturated carbocycles. The molecule has 2 heteroatoms. The Balaban J connectivity index is 2.79. The second-order valence-electron chi connectivity index (χ2n) is 3.51. The molecule has 0 fully saturated rings. The van der Waals surface area contributed by atoms with Crippen LogP contribution in [0.25, 0.3) is 0 Å². The van der Waals surface area contributed by atoms with Crippen LogP contribution in [0, 0.1) is 13.8 Å². The fraction of sp³-hybridized carbons (Fsp3) is 0.600. The van der Waals surface area contributed by atoms with Crippen LogP contribution >= 0.6 is 0 Å². The van der Waals surface area contributed by atoms with E-state index in [0.717, 1.165) is 13.0 Å². The molecule has 1 aromatic rings. The molecule has 1 unspecified atom stereocenters. The fourth-order valence-corrected chi connectivity index (χ4v) is 1.66. The molecule has 1 heterocycles. The van der Waals surface area contributed by atoms with E-state index in [0.29, 0.717) is 5.92 Å². The van der Waals surface area contributed by atoms with Crippen LogP contribution in [-0.2, 0) is 0 Å². The van der Waals surface area contributed by atoms with Crippen molar-refractivity contribution in [1.29, 1.82) is 0 Å². The molecule has 0 bridgehead atoms. The molecule has 1 rings (SSSR count). The number of nitrogens with one attached hydrogen (secondary N) is 1. The van der Waals surface area contributed by atoms with Crippen molar-refractivity contribution >= 4 is 0 Å². The van der Waals surface area contributed by atoms with E-state index in [2.05, 4.69) is 31.8 Å². The van der Waals surface area contributed by atoms with E-state index in [1.54, 1.807) is 0 Å².